The SMILES string of the molecule is COc1ccc(/C=N\NC(=O)Cc2cccs2)cc1. The fourth-order valence-electron chi connectivity index (χ4n) is 1.48. The van der Waals surface area contributed by atoms with Crippen LogP contribution in [0.4, 0.5) is 0 Å². The van der Waals surface area contributed by atoms with Crippen molar-refractivity contribution in [3.63, 3.8) is 0 Å². The molecular weight excluding hydrogens is 260 g/mol. The smallest absolute Gasteiger partial charge is 0.245 e. The van der Waals surface area contributed by atoms with E-state index in [2.05, 4.69) is 10.5 Å². The predicted molar refractivity (Wildman–Crippen MR) is 76.8 cm³/mol. The first-order valence-electron chi connectivity index (χ1n) is 5.76. The molecule has 1 aromatic heterocycles. The van der Waals surface area contributed by atoms with Gasteiger partial charge in [0.15, 0.2) is 0 Å². The minimum atomic E-state index is -0.118. The van der Waals surface area contributed by atoms with Gasteiger partial charge in [-0.05, 0) is 41.3 Å². The van der Waals surface area contributed by atoms with Gasteiger partial charge in [0.05, 0.1) is 19.7 Å². The van der Waals surface area contributed by atoms with E-state index in [1.165, 1.54) is 0 Å². The molecule has 2 rings (SSSR count). The molecule has 0 saturated carbocycles. The van der Waals surface area contributed by atoms with Crippen LogP contribution >= 0.6 is 11.3 Å². The second kappa shape index (κ2) is 6.70. The van der Waals surface area contributed by atoms with Gasteiger partial charge in [-0.15, -0.1) is 11.3 Å². The Morgan fingerprint density at radius 3 is 2.79 bits per heavy atom. The Bertz CT molecular complexity index is 547. The van der Waals surface area contributed by atoms with Crippen molar-refractivity contribution >= 4 is 23.5 Å². The Labute approximate surface area is 115 Å². The van der Waals surface area contributed by atoms with Crippen molar-refractivity contribution in [3.8, 4) is 5.75 Å². The molecule has 0 atom stereocenters. The Morgan fingerprint density at radius 2 is 2.16 bits per heavy atom. The van der Waals surface area contributed by atoms with Crippen molar-refractivity contribution in [2.75, 3.05) is 7.11 Å². The van der Waals surface area contributed by atoms with E-state index in [9.17, 15) is 4.79 Å². The lowest BCUT2D eigenvalue weighted by Gasteiger charge is -1.99. The Balaban J connectivity index is 1.83. The van der Waals surface area contributed by atoms with Gasteiger partial charge >= 0.3 is 0 Å². The maximum Gasteiger partial charge on any atom is 0.245 e. The van der Waals surface area contributed by atoms with Gasteiger partial charge in [-0.2, -0.15) is 5.10 Å². The number of methoxy groups -OCH3 is 1. The summed E-state index contributed by atoms with van der Waals surface area (Å²) in [6.07, 6.45) is 1.96. The van der Waals surface area contributed by atoms with E-state index in [0.29, 0.717) is 6.42 Å². The highest BCUT2D eigenvalue weighted by Gasteiger charge is 2.01. The fraction of sp³-hybridized carbons (Fsp3) is 0.143. The quantitative estimate of drug-likeness (QED) is 0.672. The normalized spacial score (nSPS) is 10.6. The van der Waals surface area contributed by atoms with Crippen molar-refractivity contribution in [1.29, 1.82) is 0 Å². The number of ether oxygens (including phenoxy) is 1. The third-order valence-corrected chi connectivity index (χ3v) is 3.31. The van der Waals surface area contributed by atoms with Crippen LogP contribution in [0.2, 0.25) is 0 Å². The van der Waals surface area contributed by atoms with Crippen molar-refractivity contribution in [2.45, 2.75) is 6.42 Å². The second-order valence-corrected chi connectivity index (χ2v) is 4.85. The van der Waals surface area contributed by atoms with E-state index in [0.717, 1.165) is 16.2 Å². The Hall–Kier alpha value is -2.14. The Kier molecular flexibility index (Phi) is 4.69. The number of amides is 1. The molecule has 1 amide bonds. The zero-order valence-electron chi connectivity index (χ0n) is 10.5. The molecule has 1 N–H and O–H groups in total. The van der Waals surface area contributed by atoms with E-state index in [4.69, 9.17) is 4.74 Å². The molecule has 4 nitrogen and oxygen atoms in total. The molecule has 5 heteroatoms. The number of hydrazone groups is 1. The minimum absolute atomic E-state index is 0.118. The van der Waals surface area contributed by atoms with Gasteiger partial charge in [0, 0.05) is 4.88 Å². The molecule has 0 saturated heterocycles. The standard InChI is InChI=1S/C14H14N2O2S/c1-18-12-6-4-11(5-7-12)10-15-16-14(17)9-13-3-2-8-19-13/h2-8,10H,9H2,1H3,(H,16,17)/b15-10-. The summed E-state index contributed by atoms with van der Waals surface area (Å²) < 4.78 is 5.06. The van der Waals surface area contributed by atoms with Crippen LogP contribution < -0.4 is 10.2 Å². The molecule has 19 heavy (non-hydrogen) atoms. The number of rotatable bonds is 5. The first kappa shape index (κ1) is 13.3. The van der Waals surface area contributed by atoms with E-state index < -0.39 is 0 Å². The number of nitrogens with one attached hydrogen (secondary N) is 1. The van der Waals surface area contributed by atoms with Crippen LogP contribution in [0, 0.1) is 0 Å². The van der Waals surface area contributed by atoms with Crippen LogP contribution in [0.15, 0.2) is 46.9 Å². The minimum Gasteiger partial charge on any atom is -0.497 e. The molecule has 1 aromatic carbocycles. The monoisotopic (exact) mass is 274 g/mol. The highest BCUT2D eigenvalue weighted by molar-refractivity contribution is 7.10. The summed E-state index contributed by atoms with van der Waals surface area (Å²) >= 11 is 1.56. The zero-order chi connectivity index (χ0) is 13.5. The molecule has 0 bridgehead atoms. The lowest BCUT2D eigenvalue weighted by Crippen LogP contribution is -2.19. The van der Waals surface area contributed by atoms with Crippen molar-refractivity contribution in [2.24, 2.45) is 5.10 Å². The number of nitrogens with zero attached hydrogens (tertiary/aromatic N) is 1. The van der Waals surface area contributed by atoms with Crippen molar-refractivity contribution < 1.29 is 9.53 Å². The zero-order valence-corrected chi connectivity index (χ0v) is 11.3. The first-order valence-corrected chi connectivity index (χ1v) is 6.64. The molecule has 0 radical (unpaired) electrons. The summed E-state index contributed by atoms with van der Waals surface area (Å²) in [5.41, 5.74) is 3.40. The predicted octanol–water partition coefficient (Wildman–Crippen LogP) is 2.45. The third kappa shape index (κ3) is 4.22. The summed E-state index contributed by atoms with van der Waals surface area (Å²) in [4.78, 5) is 12.6. The van der Waals surface area contributed by atoms with Crippen LogP contribution in [0.1, 0.15) is 10.4 Å². The van der Waals surface area contributed by atoms with Gasteiger partial charge in [0.2, 0.25) is 5.91 Å². The van der Waals surface area contributed by atoms with Crippen LogP contribution in [0.3, 0.4) is 0 Å². The van der Waals surface area contributed by atoms with Crippen LogP contribution in [-0.4, -0.2) is 19.2 Å². The lowest BCUT2D eigenvalue weighted by molar-refractivity contribution is -0.120. The van der Waals surface area contributed by atoms with Gasteiger partial charge in [-0.3, -0.25) is 4.79 Å². The number of thiophene rings is 1. The number of benzene rings is 1. The summed E-state index contributed by atoms with van der Waals surface area (Å²) in [6.45, 7) is 0. The maximum atomic E-state index is 11.6. The molecule has 0 aliphatic heterocycles. The topological polar surface area (TPSA) is 50.7 Å². The Morgan fingerprint density at radius 1 is 1.37 bits per heavy atom. The molecular formula is C14H14N2O2S. The lowest BCUT2D eigenvalue weighted by atomic mass is 10.2. The van der Waals surface area contributed by atoms with Gasteiger partial charge < -0.3 is 4.74 Å². The number of carbonyl (C=O) groups excluding carboxylic acids is 1. The number of hydrogen-bond donors (Lipinski definition) is 1. The van der Waals surface area contributed by atoms with Gasteiger partial charge in [0.1, 0.15) is 5.75 Å². The molecule has 0 unspecified atom stereocenters. The molecule has 1 heterocycles. The average molecular weight is 274 g/mol. The second-order valence-electron chi connectivity index (χ2n) is 3.82. The summed E-state index contributed by atoms with van der Waals surface area (Å²) in [5.74, 6) is 0.672. The van der Waals surface area contributed by atoms with Crippen LogP contribution in [0.5, 0.6) is 5.75 Å². The highest BCUT2D eigenvalue weighted by atomic mass is 32.1. The number of hydrogen-bond acceptors (Lipinski definition) is 4. The molecule has 0 aliphatic rings. The third-order valence-electron chi connectivity index (χ3n) is 2.43. The van der Waals surface area contributed by atoms with Crippen molar-refractivity contribution in [1.82, 2.24) is 5.43 Å². The van der Waals surface area contributed by atoms with E-state index >= 15 is 0 Å². The fourth-order valence-corrected chi connectivity index (χ4v) is 2.18. The molecule has 2 aromatic rings. The van der Waals surface area contributed by atoms with Gasteiger partial charge in [-0.25, -0.2) is 5.43 Å². The highest BCUT2D eigenvalue weighted by Crippen LogP contribution is 2.10. The van der Waals surface area contributed by atoms with Gasteiger partial charge in [-0.1, -0.05) is 6.07 Å². The largest absolute Gasteiger partial charge is 0.497 e. The molecule has 0 fully saturated rings. The first-order chi connectivity index (χ1) is 9.28. The summed E-state index contributed by atoms with van der Waals surface area (Å²) in [5, 5.41) is 5.86. The van der Waals surface area contributed by atoms with E-state index in [1.807, 2.05) is 41.8 Å². The molecule has 98 valence electrons. The van der Waals surface area contributed by atoms with E-state index in [1.54, 1.807) is 24.7 Å². The van der Waals surface area contributed by atoms with Gasteiger partial charge in [0.25, 0.3) is 0 Å². The molecule has 0 aliphatic carbocycles. The van der Waals surface area contributed by atoms with Crippen molar-refractivity contribution in [3.05, 3.63) is 52.2 Å². The van der Waals surface area contributed by atoms with E-state index in [-0.39, 0.29) is 5.91 Å². The summed E-state index contributed by atoms with van der Waals surface area (Å²) in [6, 6.07) is 11.3. The van der Waals surface area contributed by atoms with Crippen LogP contribution in [-0.2, 0) is 11.2 Å². The van der Waals surface area contributed by atoms with Crippen LogP contribution in [0.25, 0.3) is 0 Å². The maximum absolute atomic E-state index is 11.6. The average Bonchev–Trinajstić information content (AvgIpc) is 2.92. The summed E-state index contributed by atoms with van der Waals surface area (Å²) in [7, 11) is 1.62. The molecule has 0 spiro atoms. The number of carbonyl (C=O) groups is 1.